The van der Waals surface area contributed by atoms with Crippen LogP contribution in [-0.2, 0) is 4.74 Å². The van der Waals surface area contributed by atoms with E-state index in [1.54, 1.807) is 0 Å². The molecule has 0 N–H and O–H groups in total. The van der Waals surface area contributed by atoms with E-state index in [2.05, 4.69) is 41.5 Å². The molecule has 0 saturated carbocycles. The summed E-state index contributed by atoms with van der Waals surface area (Å²) in [4.78, 5) is 0. The fourth-order valence-corrected chi connectivity index (χ4v) is 1.21. The molecule has 0 unspecified atom stereocenters. The van der Waals surface area contributed by atoms with Gasteiger partial charge in [-0.15, -0.1) is 0 Å². The minimum Gasteiger partial charge on any atom is -0.376 e. The Balaban J connectivity index is 3.74. The van der Waals surface area contributed by atoms with Gasteiger partial charge < -0.3 is 4.74 Å². The molecule has 1 nitrogen and oxygen atoms in total. The molecule has 0 aromatic carbocycles. The molecule has 0 atom stereocenters. The Morgan fingerprint density at radius 2 is 1.38 bits per heavy atom. The maximum absolute atomic E-state index is 5.73. The minimum atomic E-state index is 0.0163. The molecule has 1 heteroatoms. The van der Waals surface area contributed by atoms with Gasteiger partial charge in [0.1, 0.15) is 0 Å². The number of ether oxygens (including phenoxy) is 1. The van der Waals surface area contributed by atoms with Gasteiger partial charge in [-0.05, 0) is 32.6 Å². The van der Waals surface area contributed by atoms with Crippen molar-refractivity contribution < 1.29 is 4.74 Å². The predicted molar refractivity (Wildman–Crippen MR) is 59.0 cm³/mol. The van der Waals surface area contributed by atoms with Gasteiger partial charge >= 0.3 is 0 Å². The van der Waals surface area contributed by atoms with E-state index in [1.165, 1.54) is 19.3 Å². The Kier molecular flexibility index (Phi) is 4.98. The molecule has 0 spiro atoms. The molecule has 0 bridgehead atoms. The van der Waals surface area contributed by atoms with Gasteiger partial charge in [-0.3, -0.25) is 0 Å². The average molecular weight is 186 g/mol. The van der Waals surface area contributed by atoms with Gasteiger partial charge in [0.05, 0.1) is 5.60 Å². The van der Waals surface area contributed by atoms with Gasteiger partial charge in [-0.2, -0.15) is 0 Å². The van der Waals surface area contributed by atoms with Crippen molar-refractivity contribution in [3.63, 3.8) is 0 Å². The molecule has 0 radical (unpaired) electrons. The molecule has 0 fully saturated rings. The van der Waals surface area contributed by atoms with E-state index in [4.69, 9.17) is 4.74 Å². The van der Waals surface area contributed by atoms with Crippen molar-refractivity contribution in [1.82, 2.24) is 0 Å². The van der Waals surface area contributed by atoms with Crippen LogP contribution in [0.25, 0.3) is 0 Å². The summed E-state index contributed by atoms with van der Waals surface area (Å²) in [6.07, 6.45) is 3.67. The smallest absolute Gasteiger partial charge is 0.0598 e. The lowest BCUT2D eigenvalue weighted by Crippen LogP contribution is -2.24. The number of hydrogen-bond acceptors (Lipinski definition) is 1. The van der Waals surface area contributed by atoms with E-state index in [1.807, 2.05) is 0 Å². The fourth-order valence-electron chi connectivity index (χ4n) is 1.21. The molecule has 0 aliphatic heterocycles. The van der Waals surface area contributed by atoms with E-state index in [0.717, 1.165) is 6.61 Å². The first-order valence-corrected chi connectivity index (χ1v) is 5.47. The molecular weight excluding hydrogens is 160 g/mol. The molecule has 0 heterocycles. The minimum absolute atomic E-state index is 0.0163. The lowest BCUT2D eigenvalue weighted by molar-refractivity contribution is -0.0179. The van der Waals surface area contributed by atoms with Gasteiger partial charge in [-0.25, -0.2) is 0 Å². The maximum atomic E-state index is 5.73. The standard InChI is InChI=1S/C12H26O/c1-7-12(6,8-2)9-10-13-11(3,4)5/h7-10H2,1-6H3. The highest BCUT2D eigenvalue weighted by Crippen LogP contribution is 2.29. The second-order valence-electron chi connectivity index (χ2n) is 5.23. The molecule has 0 rings (SSSR count). The SMILES string of the molecule is CCC(C)(CC)CCOC(C)(C)C. The zero-order valence-corrected chi connectivity index (χ0v) is 10.2. The Hall–Kier alpha value is -0.0400. The third-order valence-electron chi connectivity index (χ3n) is 2.95. The van der Waals surface area contributed by atoms with Crippen molar-refractivity contribution >= 4 is 0 Å². The lowest BCUT2D eigenvalue weighted by Gasteiger charge is -2.28. The van der Waals surface area contributed by atoms with Gasteiger partial charge in [0, 0.05) is 6.61 Å². The van der Waals surface area contributed by atoms with Crippen LogP contribution >= 0.6 is 0 Å². The van der Waals surface area contributed by atoms with Crippen molar-refractivity contribution in [2.24, 2.45) is 5.41 Å². The summed E-state index contributed by atoms with van der Waals surface area (Å²) in [7, 11) is 0. The van der Waals surface area contributed by atoms with Gasteiger partial charge in [0.2, 0.25) is 0 Å². The Bertz CT molecular complexity index is 129. The van der Waals surface area contributed by atoms with Crippen LogP contribution in [0.15, 0.2) is 0 Å². The van der Waals surface area contributed by atoms with E-state index in [-0.39, 0.29) is 5.60 Å². The lowest BCUT2D eigenvalue weighted by atomic mass is 9.82. The summed E-state index contributed by atoms with van der Waals surface area (Å²) < 4.78 is 5.73. The third-order valence-corrected chi connectivity index (χ3v) is 2.95. The molecule has 0 aromatic heterocycles. The zero-order chi connectivity index (χ0) is 10.5. The van der Waals surface area contributed by atoms with Gasteiger partial charge in [0.15, 0.2) is 0 Å². The normalized spacial score (nSPS) is 13.4. The molecule has 0 aliphatic carbocycles. The second kappa shape index (κ2) is 4.99. The largest absolute Gasteiger partial charge is 0.376 e. The van der Waals surface area contributed by atoms with Gasteiger partial charge in [-0.1, -0.05) is 33.6 Å². The summed E-state index contributed by atoms with van der Waals surface area (Å²) in [6, 6.07) is 0. The molecule has 13 heavy (non-hydrogen) atoms. The van der Waals surface area contributed by atoms with Crippen molar-refractivity contribution in [3.05, 3.63) is 0 Å². The van der Waals surface area contributed by atoms with E-state index in [0.29, 0.717) is 5.41 Å². The van der Waals surface area contributed by atoms with E-state index >= 15 is 0 Å². The van der Waals surface area contributed by atoms with E-state index in [9.17, 15) is 0 Å². The topological polar surface area (TPSA) is 9.23 Å². The first-order chi connectivity index (χ1) is 5.83. The molecule has 80 valence electrons. The maximum Gasteiger partial charge on any atom is 0.0598 e. The van der Waals surface area contributed by atoms with Crippen LogP contribution in [0.1, 0.15) is 60.8 Å². The summed E-state index contributed by atoms with van der Waals surface area (Å²) in [6.45, 7) is 14.1. The molecule has 0 saturated heterocycles. The fraction of sp³-hybridized carbons (Fsp3) is 1.00. The van der Waals surface area contributed by atoms with Crippen molar-refractivity contribution in [2.45, 2.75) is 66.4 Å². The molecule has 0 aliphatic rings. The Labute approximate surface area is 83.9 Å². The molecule has 0 amide bonds. The van der Waals surface area contributed by atoms with Gasteiger partial charge in [0.25, 0.3) is 0 Å². The Morgan fingerprint density at radius 1 is 0.923 bits per heavy atom. The predicted octanol–water partition coefficient (Wildman–Crippen LogP) is 4.02. The number of hydrogen-bond donors (Lipinski definition) is 0. The Morgan fingerprint density at radius 3 is 1.69 bits per heavy atom. The van der Waals surface area contributed by atoms with Crippen LogP contribution in [0, 0.1) is 5.41 Å². The molecular formula is C12H26O. The van der Waals surface area contributed by atoms with E-state index < -0.39 is 0 Å². The summed E-state index contributed by atoms with van der Waals surface area (Å²) in [5.74, 6) is 0. The van der Waals surface area contributed by atoms with Crippen molar-refractivity contribution in [3.8, 4) is 0 Å². The third kappa shape index (κ3) is 6.09. The monoisotopic (exact) mass is 186 g/mol. The molecule has 0 aromatic rings. The van der Waals surface area contributed by atoms with Crippen LogP contribution in [0.4, 0.5) is 0 Å². The van der Waals surface area contributed by atoms with Crippen LogP contribution in [0.2, 0.25) is 0 Å². The average Bonchev–Trinajstić information content (AvgIpc) is 2.02. The first kappa shape index (κ1) is 13.0. The van der Waals surface area contributed by atoms with Crippen LogP contribution in [-0.4, -0.2) is 12.2 Å². The highest BCUT2D eigenvalue weighted by atomic mass is 16.5. The zero-order valence-electron chi connectivity index (χ0n) is 10.2. The van der Waals surface area contributed by atoms with Crippen LogP contribution in [0.3, 0.4) is 0 Å². The quantitative estimate of drug-likeness (QED) is 0.630. The van der Waals surface area contributed by atoms with Crippen molar-refractivity contribution in [2.75, 3.05) is 6.61 Å². The summed E-state index contributed by atoms with van der Waals surface area (Å²) >= 11 is 0. The van der Waals surface area contributed by atoms with Crippen molar-refractivity contribution in [1.29, 1.82) is 0 Å². The van der Waals surface area contributed by atoms with Crippen LogP contribution < -0.4 is 0 Å². The summed E-state index contributed by atoms with van der Waals surface area (Å²) in [5, 5.41) is 0. The second-order valence-corrected chi connectivity index (χ2v) is 5.23. The van der Waals surface area contributed by atoms with Crippen LogP contribution in [0.5, 0.6) is 0 Å². The highest BCUT2D eigenvalue weighted by molar-refractivity contribution is 4.71. The summed E-state index contributed by atoms with van der Waals surface area (Å²) in [5.41, 5.74) is 0.494. The first-order valence-electron chi connectivity index (χ1n) is 5.47. The number of rotatable bonds is 5. The highest BCUT2D eigenvalue weighted by Gasteiger charge is 2.20.